The monoisotopic (exact) mass is 210 g/mol. The molecule has 0 fully saturated rings. The molecule has 3 nitrogen and oxygen atoms in total. The molecule has 0 unspecified atom stereocenters. The van der Waals surface area contributed by atoms with Crippen molar-refractivity contribution in [2.24, 2.45) is 5.92 Å². The molecule has 0 aliphatic rings. The van der Waals surface area contributed by atoms with Crippen LogP contribution in [0.25, 0.3) is 0 Å². The van der Waals surface area contributed by atoms with Crippen molar-refractivity contribution in [1.29, 1.82) is 0 Å². The molecule has 0 aromatic rings. The molecule has 0 aliphatic heterocycles. The molecule has 0 spiro atoms. The number of rotatable bonds is 4. The molecule has 0 aromatic carbocycles. The molecular weight excluding hydrogens is 192 g/mol. The molecule has 84 valence electrons. The van der Waals surface area contributed by atoms with E-state index in [2.05, 4.69) is 11.3 Å². The zero-order valence-corrected chi connectivity index (χ0v) is 9.79. The van der Waals surface area contributed by atoms with Crippen LogP contribution in [-0.4, -0.2) is 11.9 Å². The van der Waals surface area contributed by atoms with Gasteiger partial charge >= 0.3 is 11.9 Å². The molecule has 0 rings (SSSR count). The Morgan fingerprint density at radius 3 is 2.33 bits per heavy atom. The minimum absolute atomic E-state index is 0.0125. The predicted octanol–water partition coefficient (Wildman–Crippen LogP) is 2.62. The number of ether oxygens (including phenoxy) is 1. The van der Waals surface area contributed by atoms with Gasteiger partial charge in [0.2, 0.25) is 0 Å². The van der Waals surface area contributed by atoms with E-state index < -0.39 is 11.9 Å². The van der Waals surface area contributed by atoms with Gasteiger partial charge in [-0.25, -0.2) is 9.59 Å². The van der Waals surface area contributed by atoms with Gasteiger partial charge in [-0.2, -0.15) is 0 Å². The van der Waals surface area contributed by atoms with Crippen LogP contribution in [0.5, 0.6) is 0 Å². The van der Waals surface area contributed by atoms with Crippen LogP contribution >= 0.6 is 0 Å². The maximum absolute atomic E-state index is 11.3. The summed E-state index contributed by atoms with van der Waals surface area (Å²) in [4.78, 5) is 22.5. The fourth-order valence-electron chi connectivity index (χ4n) is 0.725. The SMILES string of the molecule is C=C(C(=O)OC(=O)/C=C(/C)CC)C(C)C. The fraction of sp³-hybridized carbons (Fsp3) is 0.500. The molecule has 0 bridgehead atoms. The quantitative estimate of drug-likeness (QED) is 0.407. The largest absolute Gasteiger partial charge is 0.386 e. The Labute approximate surface area is 90.8 Å². The second kappa shape index (κ2) is 6.17. The first kappa shape index (κ1) is 13.6. The molecule has 0 heterocycles. The normalized spacial score (nSPS) is 11.4. The molecule has 0 aromatic heterocycles. The van der Waals surface area contributed by atoms with Crippen LogP contribution in [0.2, 0.25) is 0 Å². The van der Waals surface area contributed by atoms with Gasteiger partial charge in [0.25, 0.3) is 0 Å². The first-order valence-corrected chi connectivity index (χ1v) is 5.00. The molecule has 0 amide bonds. The summed E-state index contributed by atoms with van der Waals surface area (Å²) in [5.74, 6) is -1.28. The topological polar surface area (TPSA) is 43.4 Å². The summed E-state index contributed by atoms with van der Waals surface area (Å²) in [6.07, 6.45) is 2.08. The standard InChI is InChI=1S/C12H18O3/c1-6-9(4)7-11(13)15-12(14)10(5)8(2)3/h7-8H,5-6H2,1-4H3/b9-7-. The van der Waals surface area contributed by atoms with Crippen molar-refractivity contribution in [3.63, 3.8) is 0 Å². The van der Waals surface area contributed by atoms with Crippen LogP contribution in [0, 0.1) is 5.92 Å². The van der Waals surface area contributed by atoms with E-state index in [0.29, 0.717) is 5.57 Å². The van der Waals surface area contributed by atoms with E-state index in [9.17, 15) is 9.59 Å². The molecule has 0 atom stereocenters. The summed E-state index contributed by atoms with van der Waals surface area (Å²) in [5, 5.41) is 0. The first-order chi connectivity index (χ1) is 6.88. The van der Waals surface area contributed by atoms with Gasteiger partial charge in [0.1, 0.15) is 0 Å². The molecule has 0 saturated heterocycles. The van der Waals surface area contributed by atoms with E-state index in [4.69, 9.17) is 0 Å². The molecule has 15 heavy (non-hydrogen) atoms. The Balaban J connectivity index is 4.32. The third kappa shape index (κ3) is 5.15. The first-order valence-electron chi connectivity index (χ1n) is 5.00. The van der Waals surface area contributed by atoms with Gasteiger partial charge < -0.3 is 4.74 Å². The lowest BCUT2D eigenvalue weighted by Gasteiger charge is -2.06. The highest BCUT2D eigenvalue weighted by atomic mass is 16.6. The Hall–Kier alpha value is -1.38. The maximum Gasteiger partial charge on any atom is 0.341 e. The van der Waals surface area contributed by atoms with E-state index in [1.54, 1.807) is 0 Å². The lowest BCUT2D eigenvalue weighted by Crippen LogP contribution is -2.15. The average molecular weight is 210 g/mol. The number of hydrogen-bond donors (Lipinski definition) is 0. The summed E-state index contributed by atoms with van der Waals surface area (Å²) < 4.78 is 4.59. The number of esters is 2. The van der Waals surface area contributed by atoms with Gasteiger partial charge in [-0.3, -0.25) is 0 Å². The van der Waals surface area contributed by atoms with E-state index in [1.807, 2.05) is 27.7 Å². The number of hydrogen-bond acceptors (Lipinski definition) is 3. The third-order valence-electron chi connectivity index (χ3n) is 2.07. The zero-order valence-electron chi connectivity index (χ0n) is 9.79. The van der Waals surface area contributed by atoms with Crippen molar-refractivity contribution >= 4 is 11.9 Å². The Bertz CT molecular complexity index is 298. The van der Waals surface area contributed by atoms with Crippen LogP contribution in [-0.2, 0) is 14.3 Å². The van der Waals surface area contributed by atoms with Gasteiger partial charge in [0.05, 0.1) is 0 Å². The van der Waals surface area contributed by atoms with Crippen LogP contribution in [0.4, 0.5) is 0 Å². The average Bonchev–Trinajstić information content (AvgIpc) is 2.15. The van der Waals surface area contributed by atoms with E-state index in [1.165, 1.54) is 6.08 Å². The van der Waals surface area contributed by atoms with Crippen molar-refractivity contribution in [2.45, 2.75) is 34.1 Å². The second-order valence-corrected chi connectivity index (χ2v) is 3.73. The highest BCUT2D eigenvalue weighted by molar-refractivity contribution is 5.99. The van der Waals surface area contributed by atoms with E-state index in [-0.39, 0.29) is 5.92 Å². The summed E-state index contributed by atoms with van der Waals surface area (Å²) in [6, 6.07) is 0. The van der Waals surface area contributed by atoms with Gasteiger partial charge in [0, 0.05) is 11.6 Å². The number of carbonyl (C=O) groups excluding carboxylic acids is 2. The third-order valence-corrected chi connectivity index (χ3v) is 2.07. The second-order valence-electron chi connectivity index (χ2n) is 3.73. The van der Waals surface area contributed by atoms with Crippen molar-refractivity contribution in [3.05, 3.63) is 23.8 Å². The van der Waals surface area contributed by atoms with E-state index >= 15 is 0 Å². The van der Waals surface area contributed by atoms with Crippen molar-refractivity contribution in [1.82, 2.24) is 0 Å². The Morgan fingerprint density at radius 2 is 1.93 bits per heavy atom. The molecule has 3 heteroatoms. The minimum atomic E-state index is -0.643. The lowest BCUT2D eigenvalue weighted by atomic mass is 10.1. The predicted molar refractivity (Wildman–Crippen MR) is 59.1 cm³/mol. The van der Waals surface area contributed by atoms with Crippen molar-refractivity contribution in [2.75, 3.05) is 0 Å². The zero-order chi connectivity index (χ0) is 12.0. The van der Waals surface area contributed by atoms with Crippen LogP contribution in [0.1, 0.15) is 34.1 Å². The molecule has 0 N–H and O–H groups in total. The minimum Gasteiger partial charge on any atom is -0.386 e. The van der Waals surface area contributed by atoms with Gasteiger partial charge in [0.15, 0.2) is 0 Å². The van der Waals surface area contributed by atoms with Crippen LogP contribution in [0.15, 0.2) is 23.8 Å². The van der Waals surface area contributed by atoms with Gasteiger partial charge in [-0.1, -0.05) is 32.9 Å². The van der Waals surface area contributed by atoms with Crippen LogP contribution in [0.3, 0.4) is 0 Å². The fourth-order valence-corrected chi connectivity index (χ4v) is 0.725. The lowest BCUT2D eigenvalue weighted by molar-refractivity contribution is -0.153. The van der Waals surface area contributed by atoms with Crippen molar-refractivity contribution < 1.29 is 14.3 Å². The Morgan fingerprint density at radius 1 is 1.40 bits per heavy atom. The number of allylic oxidation sites excluding steroid dienone is 1. The molecule has 0 saturated carbocycles. The highest BCUT2D eigenvalue weighted by Crippen LogP contribution is 2.09. The molecule has 0 aliphatic carbocycles. The summed E-state index contributed by atoms with van der Waals surface area (Å²) >= 11 is 0. The number of carbonyl (C=O) groups is 2. The molecule has 0 radical (unpaired) electrons. The highest BCUT2D eigenvalue weighted by Gasteiger charge is 2.15. The smallest absolute Gasteiger partial charge is 0.341 e. The van der Waals surface area contributed by atoms with Gasteiger partial charge in [-0.15, -0.1) is 0 Å². The summed E-state index contributed by atoms with van der Waals surface area (Å²) in [5.41, 5.74) is 1.19. The summed E-state index contributed by atoms with van der Waals surface area (Å²) in [7, 11) is 0. The van der Waals surface area contributed by atoms with Crippen LogP contribution < -0.4 is 0 Å². The van der Waals surface area contributed by atoms with Gasteiger partial charge in [-0.05, 0) is 19.3 Å². The Kier molecular flexibility index (Phi) is 5.60. The van der Waals surface area contributed by atoms with E-state index in [0.717, 1.165) is 12.0 Å². The molecular formula is C12H18O3. The maximum atomic E-state index is 11.3. The van der Waals surface area contributed by atoms with Crippen molar-refractivity contribution in [3.8, 4) is 0 Å². The summed E-state index contributed by atoms with van der Waals surface area (Å²) in [6.45, 7) is 10.9.